The summed E-state index contributed by atoms with van der Waals surface area (Å²) in [6, 6.07) is 0.0175. The van der Waals surface area contributed by atoms with Gasteiger partial charge in [0.15, 0.2) is 0 Å². The maximum absolute atomic E-state index is 11.6. The molecule has 1 heterocycles. The van der Waals surface area contributed by atoms with E-state index in [0.29, 0.717) is 0 Å². The van der Waals surface area contributed by atoms with Crippen LogP contribution < -0.4 is 10.6 Å². The number of amides is 1. The predicted octanol–water partition coefficient (Wildman–Crippen LogP) is 0.694. The molecule has 0 spiro atoms. The van der Waals surface area contributed by atoms with Crippen LogP contribution in [-0.2, 0) is 11.3 Å². The normalized spacial score (nSPS) is 12.8. The van der Waals surface area contributed by atoms with Crippen LogP contribution in [0.15, 0.2) is 12.4 Å². The van der Waals surface area contributed by atoms with Crippen molar-refractivity contribution in [2.45, 2.75) is 46.3 Å². The molecule has 1 aromatic heterocycles. The molecule has 0 aliphatic heterocycles. The summed E-state index contributed by atoms with van der Waals surface area (Å²) < 4.78 is 2.06. The number of aryl methyl sites for hydroxylation is 1. The topological polar surface area (TPSA) is 59.0 Å². The predicted molar refractivity (Wildman–Crippen MR) is 67.7 cm³/mol. The molecule has 5 nitrogen and oxygen atoms in total. The van der Waals surface area contributed by atoms with Crippen molar-refractivity contribution in [2.24, 2.45) is 0 Å². The van der Waals surface area contributed by atoms with Crippen LogP contribution in [0.4, 0.5) is 0 Å². The smallest absolute Gasteiger partial charge is 0.237 e. The first-order valence-corrected chi connectivity index (χ1v) is 6.02. The Morgan fingerprint density at radius 3 is 2.71 bits per heavy atom. The molecule has 0 saturated heterocycles. The summed E-state index contributed by atoms with van der Waals surface area (Å²) in [5, 5.41) is 6.07. The number of rotatable bonds is 6. The number of aromatic nitrogens is 2. The molecule has 1 aromatic rings. The van der Waals surface area contributed by atoms with Gasteiger partial charge in [-0.05, 0) is 27.7 Å². The van der Waals surface area contributed by atoms with Crippen LogP contribution in [0.2, 0.25) is 0 Å². The van der Waals surface area contributed by atoms with E-state index >= 15 is 0 Å². The average molecular weight is 238 g/mol. The maximum atomic E-state index is 11.6. The fourth-order valence-corrected chi connectivity index (χ4v) is 1.54. The Labute approximate surface area is 103 Å². The van der Waals surface area contributed by atoms with E-state index in [4.69, 9.17) is 0 Å². The van der Waals surface area contributed by atoms with Crippen molar-refractivity contribution in [1.29, 1.82) is 0 Å². The van der Waals surface area contributed by atoms with Gasteiger partial charge in [-0.2, -0.15) is 0 Å². The lowest BCUT2D eigenvalue weighted by Gasteiger charge is -2.16. The van der Waals surface area contributed by atoms with Gasteiger partial charge in [0.1, 0.15) is 5.82 Å². The molecule has 0 fully saturated rings. The Morgan fingerprint density at radius 2 is 2.18 bits per heavy atom. The third-order valence-electron chi connectivity index (χ3n) is 2.55. The summed E-state index contributed by atoms with van der Waals surface area (Å²) in [4.78, 5) is 15.8. The zero-order valence-electron chi connectivity index (χ0n) is 11.0. The van der Waals surface area contributed by atoms with Crippen molar-refractivity contribution in [2.75, 3.05) is 6.54 Å². The molecular formula is C12H22N4O. The number of imidazole rings is 1. The highest BCUT2D eigenvalue weighted by atomic mass is 16.2. The molecule has 0 radical (unpaired) electrons. The lowest BCUT2D eigenvalue weighted by molar-refractivity contribution is -0.123. The summed E-state index contributed by atoms with van der Waals surface area (Å²) in [6.45, 7) is 9.33. The van der Waals surface area contributed by atoms with Crippen LogP contribution in [0.1, 0.15) is 26.6 Å². The lowest BCUT2D eigenvalue weighted by atomic mass is 10.3. The summed E-state index contributed by atoms with van der Waals surface area (Å²) in [7, 11) is 0. The molecule has 0 bridgehead atoms. The molecule has 1 amide bonds. The second-order valence-electron chi connectivity index (χ2n) is 4.51. The molecule has 2 N–H and O–H groups in total. The van der Waals surface area contributed by atoms with Crippen molar-refractivity contribution in [3.8, 4) is 0 Å². The minimum Gasteiger partial charge on any atom is -0.353 e. The van der Waals surface area contributed by atoms with Gasteiger partial charge < -0.3 is 15.2 Å². The second kappa shape index (κ2) is 6.39. The highest BCUT2D eigenvalue weighted by Gasteiger charge is 2.12. The van der Waals surface area contributed by atoms with Crippen LogP contribution in [-0.4, -0.2) is 34.1 Å². The molecular weight excluding hydrogens is 216 g/mol. The van der Waals surface area contributed by atoms with Gasteiger partial charge in [-0.3, -0.25) is 4.79 Å². The van der Waals surface area contributed by atoms with Gasteiger partial charge in [-0.25, -0.2) is 4.98 Å². The highest BCUT2D eigenvalue weighted by molar-refractivity contribution is 5.81. The molecule has 1 atom stereocenters. The van der Waals surface area contributed by atoms with Crippen LogP contribution in [0.5, 0.6) is 0 Å². The fraction of sp³-hybridized carbons (Fsp3) is 0.667. The first-order chi connectivity index (χ1) is 8.00. The van der Waals surface area contributed by atoms with Crippen molar-refractivity contribution in [1.82, 2.24) is 20.2 Å². The SMILES string of the molecule is Cc1nccn1CCNC(C)C(=O)NC(C)C. The van der Waals surface area contributed by atoms with Gasteiger partial charge in [0.25, 0.3) is 0 Å². The number of nitrogens with one attached hydrogen (secondary N) is 2. The number of carbonyl (C=O) groups excluding carboxylic acids is 1. The van der Waals surface area contributed by atoms with Crippen molar-refractivity contribution < 1.29 is 4.79 Å². The van der Waals surface area contributed by atoms with Gasteiger partial charge >= 0.3 is 0 Å². The monoisotopic (exact) mass is 238 g/mol. The maximum Gasteiger partial charge on any atom is 0.237 e. The quantitative estimate of drug-likeness (QED) is 0.767. The Kier molecular flexibility index (Phi) is 5.15. The molecule has 1 rings (SSSR count). The zero-order valence-corrected chi connectivity index (χ0v) is 11.0. The minimum atomic E-state index is -0.166. The standard InChI is InChI=1S/C12H22N4O/c1-9(2)15-12(17)10(3)13-5-7-16-8-6-14-11(16)4/h6,8-10,13H,5,7H2,1-4H3,(H,15,17). The Balaban J connectivity index is 2.27. The molecule has 96 valence electrons. The van der Waals surface area contributed by atoms with E-state index in [-0.39, 0.29) is 18.0 Å². The highest BCUT2D eigenvalue weighted by Crippen LogP contribution is 1.94. The number of carbonyl (C=O) groups is 1. The lowest BCUT2D eigenvalue weighted by Crippen LogP contribution is -2.45. The Morgan fingerprint density at radius 1 is 1.47 bits per heavy atom. The molecule has 0 aliphatic rings. The zero-order chi connectivity index (χ0) is 12.8. The first-order valence-electron chi connectivity index (χ1n) is 6.02. The van der Waals surface area contributed by atoms with E-state index in [2.05, 4.69) is 20.2 Å². The molecule has 1 unspecified atom stereocenters. The molecule has 0 saturated carbocycles. The van der Waals surface area contributed by atoms with E-state index in [1.807, 2.05) is 33.9 Å². The van der Waals surface area contributed by atoms with E-state index in [9.17, 15) is 4.79 Å². The van der Waals surface area contributed by atoms with Gasteiger partial charge in [-0.1, -0.05) is 0 Å². The van der Waals surface area contributed by atoms with Gasteiger partial charge in [0.05, 0.1) is 6.04 Å². The van der Waals surface area contributed by atoms with Crippen LogP contribution in [0.3, 0.4) is 0 Å². The fourth-order valence-electron chi connectivity index (χ4n) is 1.54. The number of hydrogen-bond acceptors (Lipinski definition) is 3. The van der Waals surface area contributed by atoms with Crippen molar-refractivity contribution in [3.05, 3.63) is 18.2 Å². The molecule has 5 heteroatoms. The summed E-state index contributed by atoms with van der Waals surface area (Å²) in [6.07, 6.45) is 3.72. The summed E-state index contributed by atoms with van der Waals surface area (Å²) in [5.41, 5.74) is 0. The Hall–Kier alpha value is -1.36. The number of hydrogen-bond donors (Lipinski definition) is 2. The largest absolute Gasteiger partial charge is 0.353 e. The molecule has 17 heavy (non-hydrogen) atoms. The average Bonchev–Trinajstić information content (AvgIpc) is 2.63. The molecule has 0 aliphatic carbocycles. The summed E-state index contributed by atoms with van der Waals surface area (Å²) in [5.74, 6) is 1.04. The third-order valence-corrected chi connectivity index (χ3v) is 2.55. The number of nitrogens with zero attached hydrogens (tertiary/aromatic N) is 2. The minimum absolute atomic E-state index is 0.0438. The first kappa shape index (κ1) is 13.7. The van der Waals surface area contributed by atoms with Gasteiger partial charge in [0.2, 0.25) is 5.91 Å². The molecule has 0 aromatic carbocycles. The Bertz CT molecular complexity index is 359. The van der Waals surface area contributed by atoms with Crippen molar-refractivity contribution >= 4 is 5.91 Å². The van der Waals surface area contributed by atoms with E-state index in [0.717, 1.165) is 18.9 Å². The van der Waals surface area contributed by atoms with Crippen LogP contribution in [0.25, 0.3) is 0 Å². The van der Waals surface area contributed by atoms with Gasteiger partial charge in [-0.15, -0.1) is 0 Å². The summed E-state index contributed by atoms with van der Waals surface area (Å²) >= 11 is 0. The second-order valence-corrected chi connectivity index (χ2v) is 4.51. The van der Waals surface area contributed by atoms with E-state index in [1.165, 1.54) is 0 Å². The van der Waals surface area contributed by atoms with Crippen LogP contribution >= 0.6 is 0 Å². The van der Waals surface area contributed by atoms with Gasteiger partial charge in [0, 0.05) is 31.5 Å². The van der Waals surface area contributed by atoms with Crippen LogP contribution in [0, 0.1) is 6.92 Å². The van der Waals surface area contributed by atoms with Crippen molar-refractivity contribution in [3.63, 3.8) is 0 Å². The van der Waals surface area contributed by atoms with E-state index < -0.39 is 0 Å². The van der Waals surface area contributed by atoms with E-state index in [1.54, 1.807) is 6.20 Å². The third kappa shape index (κ3) is 4.56.